The summed E-state index contributed by atoms with van der Waals surface area (Å²) < 4.78 is 27.1. The van der Waals surface area contributed by atoms with Crippen LogP contribution in [0.25, 0.3) is 0 Å². The zero-order chi connectivity index (χ0) is 20.3. The van der Waals surface area contributed by atoms with Gasteiger partial charge in [-0.1, -0.05) is 18.2 Å². The number of nitro benzene ring substituents is 1. The van der Waals surface area contributed by atoms with Crippen molar-refractivity contribution in [2.45, 2.75) is 19.3 Å². The second-order valence-electron chi connectivity index (χ2n) is 6.71. The molecule has 1 saturated heterocycles. The average Bonchev–Trinajstić information content (AvgIpc) is 2.69. The van der Waals surface area contributed by atoms with Gasteiger partial charge in [-0.25, -0.2) is 8.78 Å². The van der Waals surface area contributed by atoms with Crippen molar-refractivity contribution >= 4 is 17.4 Å². The lowest BCUT2D eigenvalue weighted by Crippen LogP contribution is -2.41. The highest BCUT2D eigenvalue weighted by Gasteiger charge is 2.30. The Morgan fingerprint density at radius 2 is 1.79 bits per heavy atom. The van der Waals surface area contributed by atoms with Gasteiger partial charge in [-0.2, -0.15) is 0 Å². The molecule has 2 aromatic carbocycles. The van der Waals surface area contributed by atoms with Crippen molar-refractivity contribution in [3.8, 4) is 0 Å². The Labute approximate surface area is 159 Å². The minimum atomic E-state index is -0.763. The summed E-state index contributed by atoms with van der Waals surface area (Å²) in [5, 5.41) is 11.1. The fraction of sp³-hybridized carbons (Fsp3) is 0.300. The first kappa shape index (κ1) is 19.6. The van der Waals surface area contributed by atoms with E-state index < -0.39 is 28.3 Å². The molecule has 2 aromatic rings. The first-order valence-electron chi connectivity index (χ1n) is 8.86. The lowest BCUT2D eigenvalue weighted by Gasteiger charge is -2.31. The molecule has 1 fully saturated rings. The minimum Gasteiger partial charge on any atom is -0.342 e. The van der Waals surface area contributed by atoms with Gasteiger partial charge in [0.15, 0.2) is 5.78 Å². The number of para-hydroxylation sites is 1. The Morgan fingerprint density at radius 1 is 1.11 bits per heavy atom. The molecule has 0 saturated carbocycles. The summed E-state index contributed by atoms with van der Waals surface area (Å²) in [6.45, 7) is 0.569. The highest BCUT2D eigenvalue weighted by molar-refractivity contribution is 5.98. The molecule has 0 aromatic heterocycles. The summed E-state index contributed by atoms with van der Waals surface area (Å²) >= 11 is 0. The van der Waals surface area contributed by atoms with E-state index in [2.05, 4.69) is 0 Å². The summed E-state index contributed by atoms with van der Waals surface area (Å²) in [5.41, 5.74) is -0.0512. The van der Waals surface area contributed by atoms with Gasteiger partial charge in [-0.3, -0.25) is 19.7 Å². The second kappa shape index (κ2) is 8.24. The Morgan fingerprint density at radius 3 is 2.46 bits per heavy atom. The number of ketones is 1. The molecule has 1 aliphatic heterocycles. The van der Waals surface area contributed by atoms with Crippen LogP contribution in [0.15, 0.2) is 42.5 Å². The van der Waals surface area contributed by atoms with E-state index in [-0.39, 0.29) is 36.7 Å². The fourth-order valence-electron chi connectivity index (χ4n) is 3.41. The summed E-state index contributed by atoms with van der Waals surface area (Å²) in [6, 6.07) is 8.83. The maximum atomic E-state index is 13.8. The van der Waals surface area contributed by atoms with Gasteiger partial charge in [-0.05, 0) is 31.0 Å². The molecule has 28 heavy (non-hydrogen) atoms. The zero-order valence-electron chi connectivity index (χ0n) is 14.9. The van der Waals surface area contributed by atoms with Crippen LogP contribution >= 0.6 is 0 Å². The van der Waals surface area contributed by atoms with Gasteiger partial charge in [0.1, 0.15) is 11.6 Å². The molecular weight excluding hydrogens is 370 g/mol. The lowest BCUT2D eigenvalue weighted by atomic mass is 9.88. The molecular formula is C20H18F2N2O4. The van der Waals surface area contributed by atoms with E-state index >= 15 is 0 Å². The van der Waals surface area contributed by atoms with Gasteiger partial charge in [0.2, 0.25) is 5.91 Å². The van der Waals surface area contributed by atoms with Crippen LogP contribution in [0.3, 0.4) is 0 Å². The Kier molecular flexibility index (Phi) is 5.77. The monoisotopic (exact) mass is 388 g/mol. The quantitative estimate of drug-likeness (QED) is 0.446. The summed E-state index contributed by atoms with van der Waals surface area (Å²) in [4.78, 5) is 37.1. The van der Waals surface area contributed by atoms with Crippen molar-refractivity contribution in [2.24, 2.45) is 5.92 Å². The Hall–Kier alpha value is -3.16. The van der Waals surface area contributed by atoms with E-state index in [1.807, 2.05) is 0 Å². The first-order chi connectivity index (χ1) is 13.4. The molecule has 1 aliphatic rings. The number of Topliss-reactive ketones (excluding diaryl/α,β-unsaturated/α-hetero) is 1. The summed E-state index contributed by atoms with van der Waals surface area (Å²) in [5.74, 6) is -2.67. The maximum Gasteiger partial charge on any atom is 0.273 e. The molecule has 0 aliphatic carbocycles. The highest BCUT2D eigenvalue weighted by atomic mass is 19.1. The number of piperidine rings is 1. The smallest absolute Gasteiger partial charge is 0.273 e. The number of benzene rings is 2. The van der Waals surface area contributed by atoms with Crippen LogP contribution in [-0.2, 0) is 11.2 Å². The molecule has 1 heterocycles. The fourth-order valence-corrected chi connectivity index (χ4v) is 3.41. The van der Waals surface area contributed by atoms with Crippen molar-refractivity contribution < 1.29 is 23.3 Å². The number of hydrogen-bond acceptors (Lipinski definition) is 4. The number of amides is 1. The number of rotatable bonds is 5. The molecule has 3 rings (SSSR count). The van der Waals surface area contributed by atoms with Gasteiger partial charge >= 0.3 is 0 Å². The number of carbonyl (C=O) groups excluding carboxylic acids is 2. The van der Waals surface area contributed by atoms with Crippen LogP contribution in [0.1, 0.15) is 28.8 Å². The van der Waals surface area contributed by atoms with Gasteiger partial charge in [0.25, 0.3) is 5.69 Å². The van der Waals surface area contributed by atoms with Crippen LogP contribution < -0.4 is 0 Å². The van der Waals surface area contributed by atoms with Crippen LogP contribution in [-0.4, -0.2) is 34.6 Å². The van der Waals surface area contributed by atoms with Crippen molar-refractivity contribution in [3.05, 3.63) is 75.3 Å². The van der Waals surface area contributed by atoms with E-state index in [0.29, 0.717) is 18.4 Å². The van der Waals surface area contributed by atoms with Gasteiger partial charge in [0.05, 0.1) is 16.9 Å². The number of nitro groups is 1. The van der Waals surface area contributed by atoms with Crippen LogP contribution in [0.2, 0.25) is 0 Å². The number of carbonyl (C=O) groups is 2. The van der Waals surface area contributed by atoms with Crippen LogP contribution in [0.4, 0.5) is 14.5 Å². The zero-order valence-corrected chi connectivity index (χ0v) is 14.9. The van der Waals surface area contributed by atoms with Crippen LogP contribution in [0.5, 0.6) is 0 Å². The minimum absolute atomic E-state index is 0.103. The van der Waals surface area contributed by atoms with Crippen molar-refractivity contribution in [1.82, 2.24) is 4.90 Å². The van der Waals surface area contributed by atoms with Gasteiger partial charge in [0, 0.05) is 30.6 Å². The third-order valence-corrected chi connectivity index (χ3v) is 4.94. The first-order valence-corrected chi connectivity index (χ1v) is 8.86. The average molecular weight is 388 g/mol. The van der Waals surface area contributed by atoms with E-state index in [9.17, 15) is 28.5 Å². The SMILES string of the molecule is O=C(c1cc(F)ccc1F)C1CCN(C(=O)Cc2ccccc2[N+](=O)[O-])CC1. The van der Waals surface area contributed by atoms with E-state index in [1.54, 1.807) is 17.0 Å². The Balaban J connectivity index is 1.62. The third-order valence-electron chi connectivity index (χ3n) is 4.94. The molecule has 0 N–H and O–H groups in total. The number of nitrogens with zero attached hydrogens (tertiary/aromatic N) is 2. The van der Waals surface area contributed by atoms with E-state index in [1.165, 1.54) is 12.1 Å². The Bertz CT molecular complexity index is 924. The third kappa shape index (κ3) is 4.21. The number of halogens is 2. The van der Waals surface area contributed by atoms with Crippen molar-refractivity contribution in [2.75, 3.05) is 13.1 Å². The standard InChI is InChI=1S/C20H18F2N2O4/c21-15-5-6-17(22)16(12-15)20(26)13-7-9-23(10-8-13)19(25)11-14-3-1-2-4-18(14)24(27)28/h1-6,12-13H,7-11H2. The predicted octanol–water partition coefficient (Wildman–Crippen LogP) is 3.54. The molecule has 0 atom stereocenters. The molecule has 8 heteroatoms. The van der Waals surface area contributed by atoms with E-state index in [0.717, 1.165) is 18.2 Å². The van der Waals surface area contributed by atoms with E-state index in [4.69, 9.17) is 0 Å². The largest absolute Gasteiger partial charge is 0.342 e. The topological polar surface area (TPSA) is 80.5 Å². The number of likely N-dealkylation sites (tertiary alicyclic amines) is 1. The normalized spacial score (nSPS) is 14.7. The molecule has 146 valence electrons. The number of hydrogen-bond donors (Lipinski definition) is 0. The van der Waals surface area contributed by atoms with Gasteiger partial charge < -0.3 is 4.90 Å². The highest BCUT2D eigenvalue weighted by Crippen LogP contribution is 2.25. The van der Waals surface area contributed by atoms with Crippen molar-refractivity contribution in [3.63, 3.8) is 0 Å². The molecule has 0 spiro atoms. The molecule has 0 bridgehead atoms. The van der Waals surface area contributed by atoms with Crippen LogP contribution in [0, 0.1) is 27.7 Å². The maximum absolute atomic E-state index is 13.8. The molecule has 0 unspecified atom stereocenters. The molecule has 6 nitrogen and oxygen atoms in total. The summed E-state index contributed by atoms with van der Waals surface area (Å²) in [7, 11) is 0. The lowest BCUT2D eigenvalue weighted by molar-refractivity contribution is -0.385. The molecule has 0 radical (unpaired) electrons. The predicted molar refractivity (Wildman–Crippen MR) is 96.8 cm³/mol. The van der Waals surface area contributed by atoms with Crippen molar-refractivity contribution in [1.29, 1.82) is 0 Å². The summed E-state index contributed by atoms with van der Waals surface area (Å²) in [6.07, 6.45) is 0.559. The second-order valence-corrected chi connectivity index (χ2v) is 6.71. The van der Waals surface area contributed by atoms with Gasteiger partial charge in [-0.15, -0.1) is 0 Å². The molecule has 1 amide bonds.